The second kappa shape index (κ2) is 10.7. The Hall–Kier alpha value is -2.47. The Kier molecular flexibility index (Phi) is 7.80. The van der Waals surface area contributed by atoms with Gasteiger partial charge >= 0.3 is 0 Å². The molecule has 4 rings (SSSR count). The van der Waals surface area contributed by atoms with Gasteiger partial charge in [0.25, 0.3) is 0 Å². The number of hydrogen-bond donors (Lipinski definition) is 0. The molecule has 7 nitrogen and oxygen atoms in total. The Morgan fingerprint density at radius 1 is 1.11 bits per heavy atom. The van der Waals surface area contributed by atoms with Crippen molar-refractivity contribution >= 4 is 42.6 Å². The van der Waals surface area contributed by atoms with Gasteiger partial charge in [0, 0.05) is 19.6 Å². The number of benzene rings is 2. The highest BCUT2D eigenvalue weighted by Crippen LogP contribution is 2.33. The number of hydrogen-bond acceptors (Lipinski definition) is 6. The number of carbonyl (C=O) groups excluding carboxylic acids is 1. The number of halogens is 2. The molecule has 0 bridgehead atoms. The second-order valence-electron chi connectivity index (χ2n) is 8.33. The van der Waals surface area contributed by atoms with Crippen molar-refractivity contribution in [3.05, 3.63) is 54.1 Å². The lowest BCUT2D eigenvalue weighted by atomic mass is 10.2. The smallest absolute Gasteiger partial charge is 0.247 e. The number of para-hydroxylation sites is 1. The minimum Gasteiger partial charge on any atom is -0.302 e. The molecule has 1 aromatic heterocycles. The number of nitrogens with zero attached hydrogens (tertiary/aromatic N) is 4. The molecular weight excluding hydrogens is 494 g/mol. The van der Waals surface area contributed by atoms with E-state index in [0.29, 0.717) is 35.8 Å². The fourth-order valence-corrected chi connectivity index (χ4v) is 6.96. The van der Waals surface area contributed by atoms with Crippen LogP contribution in [0.15, 0.2) is 47.4 Å². The average Bonchev–Trinajstić information content (AvgIpc) is 3.51. The molecule has 35 heavy (non-hydrogen) atoms. The normalized spacial score (nSPS) is 16.9. The lowest BCUT2D eigenvalue weighted by Gasteiger charge is -2.30. The van der Waals surface area contributed by atoms with Gasteiger partial charge < -0.3 is 4.90 Å². The van der Waals surface area contributed by atoms with E-state index < -0.39 is 27.7 Å². The molecule has 1 saturated heterocycles. The van der Waals surface area contributed by atoms with Crippen LogP contribution in [0.5, 0.6) is 0 Å². The SMILES string of the molecule is CCN(CC)CCN(C(=O)C1CCCN1S(=O)(=O)c1ccc(F)cc1)c1nc2c(F)cccc2s1. The number of amides is 1. The van der Waals surface area contributed by atoms with Gasteiger partial charge in [-0.1, -0.05) is 31.3 Å². The summed E-state index contributed by atoms with van der Waals surface area (Å²) in [7, 11) is -4.01. The average molecular weight is 523 g/mol. The molecule has 1 fully saturated rings. The largest absolute Gasteiger partial charge is 0.302 e. The van der Waals surface area contributed by atoms with Gasteiger partial charge in [-0.25, -0.2) is 22.2 Å². The fourth-order valence-electron chi connectivity index (χ4n) is 4.30. The van der Waals surface area contributed by atoms with Crippen molar-refractivity contribution in [2.45, 2.75) is 37.6 Å². The van der Waals surface area contributed by atoms with Crippen molar-refractivity contribution in [1.29, 1.82) is 0 Å². The maximum atomic E-state index is 14.3. The number of thiazole rings is 1. The molecule has 0 N–H and O–H groups in total. The highest BCUT2D eigenvalue weighted by molar-refractivity contribution is 7.89. The van der Waals surface area contributed by atoms with E-state index >= 15 is 0 Å². The summed E-state index contributed by atoms with van der Waals surface area (Å²) >= 11 is 1.21. The number of likely N-dealkylation sites (N-methyl/N-ethyl adjacent to an activating group) is 1. The van der Waals surface area contributed by atoms with Crippen LogP contribution >= 0.6 is 11.3 Å². The van der Waals surface area contributed by atoms with Gasteiger partial charge in [-0.3, -0.25) is 9.69 Å². The Labute approximate surface area is 208 Å². The third-order valence-corrected chi connectivity index (χ3v) is 9.26. The highest BCUT2D eigenvalue weighted by Gasteiger charge is 2.42. The maximum absolute atomic E-state index is 14.3. The lowest BCUT2D eigenvalue weighted by molar-refractivity contribution is -0.121. The van der Waals surface area contributed by atoms with Gasteiger partial charge in [0.15, 0.2) is 5.13 Å². The van der Waals surface area contributed by atoms with Gasteiger partial charge in [0.05, 0.1) is 9.60 Å². The van der Waals surface area contributed by atoms with Crippen molar-refractivity contribution in [1.82, 2.24) is 14.2 Å². The number of aromatic nitrogens is 1. The topological polar surface area (TPSA) is 73.8 Å². The molecule has 11 heteroatoms. The predicted octanol–water partition coefficient (Wildman–Crippen LogP) is 4.10. The summed E-state index contributed by atoms with van der Waals surface area (Å²) in [5, 5.41) is 0.341. The van der Waals surface area contributed by atoms with Crippen LogP contribution in [0.1, 0.15) is 26.7 Å². The minimum absolute atomic E-state index is 0.0599. The zero-order valence-corrected chi connectivity index (χ0v) is 21.3. The maximum Gasteiger partial charge on any atom is 0.247 e. The molecule has 1 unspecified atom stereocenters. The number of rotatable bonds is 9. The van der Waals surface area contributed by atoms with Gasteiger partial charge in [-0.05, 0) is 62.3 Å². The monoisotopic (exact) mass is 522 g/mol. The summed E-state index contributed by atoms with van der Waals surface area (Å²) < 4.78 is 56.2. The van der Waals surface area contributed by atoms with Crippen molar-refractivity contribution in [2.24, 2.45) is 0 Å². The van der Waals surface area contributed by atoms with Crippen LogP contribution in [0.4, 0.5) is 13.9 Å². The molecule has 188 valence electrons. The quantitative estimate of drug-likeness (QED) is 0.423. The first-order valence-corrected chi connectivity index (χ1v) is 13.9. The second-order valence-corrected chi connectivity index (χ2v) is 11.2. The Morgan fingerprint density at radius 3 is 2.49 bits per heavy atom. The van der Waals surface area contributed by atoms with Crippen LogP contribution in [0, 0.1) is 11.6 Å². The van der Waals surface area contributed by atoms with Gasteiger partial charge in [-0.2, -0.15) is 4.31 Å². The van der Waals surface area contributed by atoms with E-state index in [2.05, 4.69) is 9.88 Å². The first kappa shape index (κ1) is 25.6. The summed E-state index contributed by atoms with van der Waals surface area (Å²) in [4.78, 5) is 21.8. The Bertz CT molecular complexity index is 1290. The van der Waals surface area contributed by atoms with E-state index in [1.54, 1.807) is 12.1 Å². The fraction of sp³-hybridized carbons (Fsp3) is 0.417. The summed E-state index contributed by atoms with van der Waals surface area (Å²) in [5.74, 6) is -1.40. The number of sulfonamides is 1. The zero-order valence-electron chi connectivity index (χ0n) is 19.7. The lowest BCUT2D eigenvalue weighted by Crippen LogP contribution is -2.49. The molecule has 2 aromatic carbocycles. The minimum atomic E-state index is -4.01. The van der Waals surface area contributed by atoms with Gasteiger partial charge in [-0.15, -0.1) is 0 Å². The molecule has 0 saturated carbocycles. The van der Waals surface area contributed by atoms with E-state index in [0.717, 1.165) is 25.2 Å². The molecule has 1 aliphatic rings. The van der Waals surface area contributed by atoms with Crippen LogP contribution in [-0.4, -0.2) is 67.3 Å². The molecule has 1 atom stereocenters. The number of carbonyl (C=O) groups is 1. The summed E-state index contributed by atoms with van der Waals surface area (Å²) in [6, 6.07) is 8.33. The van der Waals surface area contributed by atoms with E-state index in [-0.39, 0.29) is 22.9 Å². The van der Waals surface area contributed by atoms with Crippen LogP contribution in [0.3, 0.4) is 0 Å². The third kappa shape index (κ3) is 5.23. The van der Waals surface area contributed by atoms with Crippen molar-refractivity contribution in [3.8, 4) is 0 Å². The summed E-state index contributed by atoms with van der Waals surface area (Å²) in [6.45, 7) is 6.68. The van der Waals surface area contributed by atoms with E-state index in [1.807, 2.05) is 13.8 Å². The first-order chi connectivity index (χ1) is 16.8. The van der Waals surface area contributed by atoms with Crippen LogP contribution in [-0.2, 0) is 14.8 Å². The third-order valence-electron chi connectivity index (χ3n) is 6.30. The van der Waals surface area contributed by atoms with Gasteiger partial charge in [0.1, 0.15) is 23.2 Å². The molecule has 2 heterocycles. The van der Waals surface area contributed by atoms with E-state index in [1.165, 1.54) is 38.7 Å². The first-order valence-electron chi connectivity index (χ1n) is 11.6. The Morgan fingerprint density at radius 2 is 1.83 bits per heavy atom. The standard InChI is InChI=1S/C24H28F2N4O3S2/c1-3-28(4-2)15-16-29(24-27-22-19(26)7-5-9-21(22)34-24)23(31)20-8-6-14-30(20)35(32,33)18-12-10-17(25)11-13-18/h5,7,9-13,20H,3-4,6,8,14-16H2,1-2H3. The number of fused-ring (bicyclic) bond motifs is 1. The molecule has 0 radical (unpaired) electrons. The van der Waals surface area contributed by atoms with Crippen LogP contribution in [0.2, 0.25) is 0 Å². The van der Waals surface area contributed by atoms with E-state index in [9.17, 15) is 22.0 Å². The molecule has 1 aliphatic heterocycles. The van der Waals surface area contributed by atoms with Crippen molar-refractivity contribution < 1.29 is 22.0 Å². The van der Waals surface area contributed by atoms with Gasteiger partial charge in [0.2, 0.25) is 15.9 Å². The van der Waals surface area contributed by atoms with Crippen LogP contribution in [0.25, 0.3) is 10.2 Å². The van der Waals surface area contributed by atoms with E-state index in [4.69, 9.17) is 0 Å². The number of anilines is 1. The molecule has 3 aromatic rings. The zero-order chi connectivity index (χ0) is 25.2. The molecule has 0 aliphatic carbocycles. The molecule has 0 spiro atoms. The predicted molar refractivity (Wildman–Crippen MR) is 133 cm³/mol. The Balaban J connectivity index is 1.68. The van der Waals surface area contributed by atoms with Crippen molar-refractivity contribution in [3.63, 3.8) is 0 Å². The molecule has 1 amide bonds. The molecular formula is C24H28F2N4O3S2. The summed E-state index contributed by atoms with van der Waals surface area (Å²) in [6.07, 6.45) is 0.884. The summed E-state index contributed by atoms with van der Waals surface area (Å²) in [5.41, 5.74) is 0.190. The van der Waals surface area contributed by atoms with Crippen LogP contribution < -0.4 is 4.90 Å². The van der Waals surface area contributed by atoms with Crippen molar-refractivity contribution in [2.75, 3.05) is 37.6 Å². The highest BCUT2D eigenvalue weighted by atomic mass is 32.2.